The van der Waals surface area contributed by atoms with Gasteiger partial charge in [0.25, 0.3) is 0 Å². The van der Waals surface area contributed by atoms with Gasteiger partial charge < -0.3 is 20.0 Å². The Balaban J connectivity index is 1.91. The molecule has 0 heterocycles. The predicted octanol–water partition coefficient (Wildman–Crippen LogP) is 2.67. The molecule has 2 aromatic carbocycles. The molecule has 4 heteroatoms. The van der Waals surface area contributed by atoms with Crippen LogP contribution < -0.4 is 9.80 Å². The maximum Gasteiger partial charge on any atom is 0.115 e. The number of phenolic OH excluding ortho intramolecular Hbond substituents is 2. The van der Waals surface area contributed by atoms with Crippen molar-refractivity contribution in [1.82, 2.24) is 0 Å². The van der Waals surface area contributed by atoms with Gasteiger partial charge in [0.15, 0.2) is 0 Å². The van der Waals surface area contributed by atoms with Crippen molar-refractivity contribution in [2.24, 2.45) is 0 Å². The summed E-state index contributed by atoms with van der Waals surface area (Å²) >= 11 is 0. The van der Waals surface area contributed by atoms with Gasteiger partial charge in [-0.15, -0.1) is 0 Å². The monoisotopic (exact) mass is 272 g/mol. The van der Waals surface area contributed by atoms with Crippen molar-refractivity contribution in [3.8, 4) is 11.5 Å². The van der Waals surface area contributed by atoms with E-state index < -0.39 is 0 Å². The van der Waals surface area contributed by atoms with E-state index in [0.717, 1.165) is 24.5 Å². The van der Waals surface area contributed by atoms with Gasteiger partial charge in [-0.05, 0) is 48.5 Å². The van der Waals surface area contributed by atoms with Crippen LogP contribution in [0.25, 0.3) is 0 Å². The zero-order valence-corrected chi connectivity index (χ0v) is 11.8. The first-order chi connectivity index (χ1) is 9.56. The van der Waals surface area contributed by atoms with E-state index in [9.17, 15) is 10.2 Å². The van der Waals surface area contributed by atoms with Gasteiger partial charge >= 0.3 is 0 Å². The Bertz CT molecular complexity index is 486. The molecule has 0 spiro atoms. The minimum Gasteiger partial charge on any atom is -0.508 e. The third kappa shape index (κ3) is 3.57. The molecule has 0 saturated heterocycles. The van der Waals surface area contributed by atoms with Crippen molar-refractivity contribution in [1.29, 1.82) is 0 Å². The van der Waals surface area contributed by atoms with Gasteiger partial charge in [-0.2, -0.15) is 0 Å². The van der Waals surface area contributed by atoms with E-state index >= 15 is 0 Å². The van der Waals surface area contributed by atoms with E-state index in [0.29, 0.717) is 0 Å². The maximum absolute atomic E-state index is 9.28. The van der Waals surface area contributed by atoms with E-state index in [2.05, 4.69) is 9.80 Å². The number of likely N-dealkylation sites (N-methyl/N-ethyl adjacent to an activating group) is 2. The van der Waals surface area contributed by atoms with Crippen molar-refractivity contribution in [3.63, 3.8) is 0 Å². The molecule has 2 rings (SSSR count). The molecule has 4 nitrogen and oxygen atoms in total. The van der Waals surface area contributed by atoms with Crippen molar-refractivity contribution in [3.05, 3.63) is 48.5 Å². The molecule has 0 amide bonds. The lowest BCUT2D eigenvalue weighted by Gasteiger charge is -2.25. The van der Waals surface area contributed by atoms with Gasteiger partial charge in [0.05, 0.1) is 0 Å². The van der Waals surface area contributed by atoms with Crippen molar-refractivity contribution < 1.29 is 10.2 Å². The summed E-state index contributed by atoms with van der Waals surface area (Å²) in [6.07, 6.45) is 0. The Hall–Kier alpha value is -2.36. The molecule has 0 fully saturated rings. The third-order valence-corrected chi connectivity index (χ3v) is 3.35. The van der Waals surface area contributed by atoms with Crippen LogP contribution in [0.5, 0.6) is 11.5 Å². The van der Waals surface area contributed by atoms with Crippen molar-refractivity contribution >= 4 is 11.4 Å². The normalized spacial score (nSPS) is 10.3. The molecule has 2 aromatic rings. The van der Waals surface area contributed by atoms with Gasteiger partial charge in [0.1, 0.15) is 11.5 Å². The van der Waals surface area contributed by atoms with Crippen LogP contribution >= 0.6 is 0 Å². The highest BCUT2D eigenvalue weighted by Gasteiger charge is 2.04. The first-order valence-electron chi connectivity index (χ1n) is 6.56. The molecule has 106 valence electrons. The van der Waals surface area contributed by atoms with E-state index in [4.69, 9.17) is 0 Å². The lowest BCUT2D eigenvalue weighted by molar-refractivity contribution is 0.474. The van der Waals surface area contributed by atoms with Gasteiger partial charge in [-0.25, -0.2) is 0 Å². The number of phenols is 2. The summed E-state index contributed by atoms with van der Waals surface area (Å²) in [7, 11) is 4.05. The van der Waals surface area contributed by atoms with E-state index in [-0.39, 0.29) is 11.5 Å². The molecule has 0 aliphatic heterocycles. The molecule has 0 bridgehead atoms. The SMILES string of the molecule is CN(CCN(C)c1ccc(O)cc1)c1ccc(O)cc1. The summed E-state index contributed by atoms with van der Waals surface area (Å²) in [6.45, 7) is 1.73. The average Bonchev–Trinajstić information content (AvgIpc) is 2.46. The summed E-state index contributed by atoms with van der Waals surface area (Å²) in [5.41, 5.74) is 2.14. The molecule has 0 aromatic heterocycles. The molecule has 20 heavy (non-hydrogen) atoms. The van der Waals surface area contributed by atoms with Crippen LogP contribution in [0.3, 0.4) is 0 Å². The zero-order chi connectivity index (χ0) is 14.5. The highest BCUT2D eigenvalue weighted by Crippen LogP contribution is 2.19. The fourth-order valence-corrected chi connectivity index (χ4v) is 1.97. The van der Waals surface area contributed by atoms with E-state index in [1.54, 1.807) is 24.3 Å². The fraction of sp³-hybridized carbons (Fsp3) is 0.250. The topological polar surface area (TPSA) is 46.9 Å². The second-order valence-corrected chi connectivity index (χ2v) is 4.88. The number of benzene rings is 2. The lowest BCUT2D eigenvalue weighted by atomic mass is 10.2. The number of rotatable bonds is 5. The maximum atomic E-state index is 9.28. The summed E-state index contributed by atoms with van der Waals surface area (Å²) in [5, 5.41) is 18.6. The molecule has 0 atom stereocenters. The Labute approximate surface area is 119 Å². The Morgan fingerprint density at radius 3 is 1.25 bits per heavy atom. The van der Waals surface area contributed by atoms with Crippen LogP contribution in [-0.2, 0) is 0 Å². The quantitative estimate of drug-likeness (QED) is 0.878. The molecular formula is C16H20N2O2. The minimum absolute atomic E-state index is 0.281. The van der Waals surface area contributed by atoms with Gasteiger partial charge in [-0.1, -0.05) is 0 Å². The van der Waals surface area contributed by atoms with E-state index in [1.165, 1.54) is 0 Å². The Morgan fingerprint density at radius 2 is 0.950 bits per heavy atom. The molecule has 0 saturated carbocycles. The Morgan fingerprint density at radius 1 is 0.650 bits per heavy atom. The van der Waals surface area contributed by atoms with Crippen LogP contribution in [-0.4, -0.2) is 37.4 Å². The second-order valence-electron chi connectivity index (χ2n) is 4.88. The number of hydrogen-bond donors (Lipinski definition) is 2. The van der Waals surface area contributed by atoms with Gasteiger partial charge in [0.2, 0.25) is 0 Å². The highest BCUT2D eigenvalue weighted by molar-refractivity contribution is 5.50. The second kappa shape index (κ2) is 6.19. The summed E-state index contributed by atoms with van der Waals surface area (Å²) in [4.78, 5) is 4.27. The predicted molar refractivity (Wildman–Crippen MR) is 82.8 cm³/mol. The number of hydrogen-bond acceptors (Lipinski definition) is 4. The first-order valence-corrected chi connectivity index (χ1v) is 6.56. The number of anilines is 2. The van der Waals surface area contributed by atoms with Gasteiger partial charge in [-0.3, -0.25) is 0 Å². The first kappa shape index (κ1) is 14.1. The summed E-state index contributed by atoms with van der Waals surface area (Å²) in [5.74, 6) is 0.562. The van der Waals surface area contributed by atoms with Crippen LogP contribution in [0, 0.1) is 0 Å². The molecule has 0 radical (unpaired) electrons. The minimum atomic E-state index is 0.281. The fourth-order valence-electron chi connectivity index (χ4n) is 1.97. The van der Waals surface area contributed by atoms with Crippen LogP contribution in [0.4, 0.5) is 11.4 Å². The van der Waals surface area contributed by atoms with Gasteiger partial charge in [0, 0.05) is 38.6 Å². The van der Waals surface area contributed by atoms with Crippen LogP contribution in [0.15, 0.2) is 48.5 Å². The third-order valence-electron chi connectivity index (χ3n) is 3.35. The van der Waals surface area contributed by atoms with Crippen LogP contribution in [0.2, 0.25) is 0 Å². The zero-order valence-electron chi connectivity index (χ0n) is 11.8. The Kier molecular flexibility index (Phi) is 4.35. The van der Waals surface area contributed by atoms with Crippen molar-refractivity contribution in [2.45, 2.75) is 0 Å². The lowest BCUT2D eigenvalue weighted by Crippen LogP contribution is -2.30. The molecular weight excluding hydrogens is 252 g/mol. The highest BCUT2D eigenvalue weighted by atomic mass is 16.3. The molecule has 0 unspecified atom stereocenters. The molecule has 0 aliphatic carbocycles. The molecule has 2 N–H and O–H groups in total. The van der Waals surface area contributed by atoms with Crippen molar-refractivity contribution in [2.75, 3.05) is 37.0 Å². The van der Waals surface area contributed by atoms with E-state index in [1.807, 2.05) is 38.4 Å². The number of nitrogens with zero attached hydrogens (tertiary/aromatic N) is 2. The summed E-state index contributed by atoms with van der Waals surface area (Å²) in [6, 6.07) is 14.4. The van der Waals surface area contributed by atoms with Crippen LogP contribution in [0.1, 0.15) is 0 Å². The number of aromatic hydroxyl groups is 2. The standard InChI is InChI=1S/C16H20N2O2/c1-17(13-3-7-15(19)8-4-13)11-12-18(2)14-5-9-16(20)10-6-14/h3-10,19-20H,11-12H2,1-2H3. The smallest absolute Gasteiger partial charge is 0.115 e. The largest absolute Gasteiger partial charge is 0.508 e. The molecule has 0 aliphatic rings. The average molecular weight is 272 g/mol. The summed E-state index contributed by atoms with van der Waals surface area (Å²) < 4.78 is 0.